The number of ether oxygens (including phenoxy) is 1. The van der Waals surface area contributed by atoms with E-state index in [1.165, 1.54) is 10.0 Å². The van der Waals surface area contributed by atoms with Gasteiger partial charge in [-0.05, 0) is 34.1 Å². The Morgan fingerprint density at radius 3 is 2.61 bits per heavy atom. The molecule has 0 spiro atoms. The van der Waals surface area contributed by atoms with Crippen LogP contribution in [0.3, 0.4) is 0 Å². The first-order valence-corrected chi connectivity index (χ1v) is 6.19. The first-order chi connectivity index (χ1) is 8.20. The lowest BCUT2D eigenvalue weighted by Crippen LogP contribution is -2.46. The molecule has 6 nitrogen and oxygen atoms in total. The molecule has 0 radical (unpaired) electrons. The van der Waals surface area contributed by atoms with Gasteiger partial charge in [0.25, 0.3) is 0 Å². The average Bonchev–Trinajstić information content (AvgIpc) is 2.54. The molecule has 1 aliphatic heterocycles. The molecule has 2 amide bonds. The summed E-state index contributed by atoms with van der Waals surface area (Å²) in [6.07, 6.45) is -0.276. The minimum absolute atomic E-state index is 0.110. The first kappa shape index (κ1) is 14.8. The lowest BCUT2D eigenvalue weighted by Gasteiger charge is -2.30. The number of aliphatic hydroxyl groups excluding tert-OH is 1. The highest BCUT2D eigenvalue weighted by atomic mass is 16.6. The number of hydrazine groups is 1. The summed E-state index contributed by atoms with van der Waals surface area (Å²) in [6, 6.07) is 0. The van der Waals surface area contributed by atoms with E-state index in [4.69, 9.17) is 4.74 Å². The number of carbonyl (C=O) groups is 2. The SMILES string of the molecule is CC(O)CCN1C(=O)CCN1C(=O)OC(C)(C)C. The van der Waals surface area contributed by atoms with Gasteiger partial charge in [0.2, 0.25) is 5.91 Å². The molecular formula is C12H22N2O4. The number of rotatable bonds is 3. The van der Waals surface area contributed by atoms with E-state index in [1.54, 1.807) is 27.7 Å². The summed E-state index contributed by atoms with van der Waals surface area (Å²) in [7, 11) is 0. The van der Waals surface area contributed by atoms with Gasteiger partial charge in [-0.2, -0.15) is 0 Å². The summed E-state index contributed by atoms with van der Waals surface area (Å²) in [5.74, 6) is -0.110. The number of carbonyl (C=O) groups excluding carboxylic acids is 2. The zero-order valence-electron chi connectivity index (χ0n) is 11.5. The molecular weight excluding hydrogens is 236 g/mol. The smallest absolute Gasteiger partial charge is 0.429 e. The average molecular weight is 258 g/mol. The minimum atomic E-state index is -0.585. The fourth-order valence-corrected chi connectivity index (χ4v) is 1.64. The van der Waals surface area contributed by atoms with Crippen LogP contribution in [0.2, 0.25) is 0 Å². The van der Waals surface area contributed by atoms with E-state index < -0.39 is 17.8 Å². The second-order valence-electron chi connectivity index (χ2n) is 5.51. The Hall–Kier alpha value is -1.30. The van der Waals surface area contributed by atoms with E-state index in [0.29, 0.717) is 25.9 Å². The van der Waals surface area contributed by atoms with Gasteiger partial charge < -0.3 is 9.84 Å². The molecule has 0 aliphatic carbocycles. The topological polar surface area (TPSA) is 70.1 Å². The molecule has 0 saturated carbocycles. The Kier molecular flexibility index (Phi) is 4.56. The van der Waals surface area contributed by atoms with Crippen LogP contribution >= 0.6 is 0 Å². The molecule has 0 aromatic carbocycles. The lowest BCUT2D eigenvalue weighted by atomic mass is 10.2. The minimum Gasteiger partial charge on any atom is -0.442 e. The highest BCUT2D eigenvalue weighted by molar-refractivity contribution is 5.82. The van der Waals surface area contributed by atoms with Crippen LogP contribution in [0.15, 0.2) is 0 Å². The number of nitrogens with zero attached hydrogens (tertiary/aromatic N) is 2. The van der Waals surface area contributed by atoms with Crippen molar-refractivity contribution >= 4 is 12.0 Å². The monoisotopic (exact) mass is 258 g/mol. The zero-order chi connectivity index (χ0) is 13.9. The second kappa shape index (κ2) is 5.56. The van der Waals surface area contributed by atoms with Gasteiger partial charge in [-0.1, -0.05) is 0 Å². The first-order valence-electron chi connectivity index (χ1n) is 6.19. The maximum atomic E-state index is 11.9. The number of aliphatic hydroxyl groups is 1. The van der Waals surface area contributed by atoms with Crippen molar-refractivity contribution in [3.8, 4) is 0 Å². The summed E-state index contributed by atoms with van der Waals surface area (Å²) in [5, 5.41) is 11.9. The predicted molar refractivity (Wildman–Crippen MR) is 65.6 cm³/mol. The van der Waals surface area contributed by atoms with Gasteiger partial charge in [0.05, 0.1) is 12.6 Å². The molecule has 6 heteroatoms. The van der Waals surface area contributed by atoms with Crippen molar-refractivity contribution < 1.29 is 19.4 Å². The van der Waals surface area contributed by atoms with Crippen molar-refractivity contribution in [3.63, 3.8) is 0 Å². The van der Waals surface area contributed by atoms with Crippen LogP contribution in [0.5, 0.6) is 0 Å². The third kappa shape index (κ3) is 4.18. The standard InChI is InChI=1S/C12H22N2O4/c1-9(15)5-7-13-10(16)6-8-14(13)11(17)18-12(2,3)4/h9,15H,5-8H2,1-4H3. The van der Waals surface area contributed by atoms with E-state index in [2.05, 4.69) is 0 Å². The third-order valence-electron chi connectivity index (χ3n) is 2.48. The van der Waals surface area contributed by atoms with Crippen molar-refractivity contribution in [1.82, 2.24) is 10.0 Å². The molecule has 0 aromatic rings. The number of amides is 2. The summed E-state index contributed by atoms with van der Waals surface area (Å²) >= 11 is 0. The van der Waals surface area contributed by atoms with Crippen LogP contribution in [-0.2, 0) is 9.53 Å². The Bertz CT molecular complexity index is 323. The normalized spacial score (nSPS) is 18.2. The summed E-state index contributed by atoms with van der Waals surface area (Å²) in [4.78, 5) is 23.6. The van der Waals surface area contributed by atoms with Gasteiger partial charge in [-0.25, -0.2) is 14.8 Å². The Morgan fingerprint density at radius 2 is 2.11 bits per heavy atom. The molecule has 1 aliphatic rings. The van der Waals surface area contributed by atoms with Crippen molar-refractivity contribution in [2.45, 2.75) is 52.2 Å². The second-order valence-corrected chi connectivity index (χ2v) is 5.51. The largest absolute Gasteiger partial charge is 0.442 e. The molecule has 1 fully saturated rings. The molecule has 1 atom stereocenters. The van der Waals surface area contributed by atoms with Crippen LogP contribution in [0.4, 0.5) is 4.79 Å². The highest BCUT2D eigenvalue weighted by Gasteiger charge is 2.35. The molecule has 1 unspecified atom stereocenters. The van der Waals surface area contributed by atoms with Crippen molar-refractivity contribution in [2.75, 3.05) is 13.1 Å². The third-order valence-corrected chi connectivity index (χ3v) is 2.48. The molecule has 1 saturated heterocycles. The highest BCUT2D eigenvalue weighted by Crippen LogP contribution is 2.18. The van der Waals surface area contributed by atoms with Gasteiger partial charge in [-0.15, -0.1) is 0 Å². The molecule has 1 heterocycles. The van der Waals surface area contributed by atoms with Crippen LogP contribution in [0, 0.1) is 0 Å². The van der Waals surface area contributed by atoms with Crippen molar-refractivity contribution in [1.29, 1.82) is 0 Å². The van der Waals surface area contributed by atoms with Crippen LogP contribution in [0.25, 0.3) is 0 Å². The van der Waals surface area contributed by atoms with Gasteiger partial charge in [0, 0.05) is 13.0 Å². The molecule has 18 heavy (non-hydrogen) atoms. The van der Waals surface area contributed by atoms with E-state index in [0.717, 1.165) is 0 Å². The van der Waals surface area contributed by atoms with E-state index in [1.807, 2.05) is 0 Å². The van der Waals surface area contributed by atoms with E-state index >= 15 is 0 Å². The fraction of sp³-hybridized carbons (Fsp3) is 0.833. The molecule has 1 rings (SSSR count). The fourth-order valence-electron chi connectivity index (χ4n) is 1.64. The Balaban J connectivity index is 2.63. The van der Waals surface area contributed by atoms with Gasteiger partial charge in [-0.3, -0.25) is 4.79 Å². The number of hydrogen-bond donors (Lipinski definition) is 1. The number of hydrogen-bond acceptors (Lipinski definition) is 4. The quantitative estimate of drug-likeness (QED) is 0.824. The van der Waals surface area contributed by atoms with Gasteiger partial charge in [0.1, 0.15) is 5.60 Å². The van der Waals surface area contributed by atoms with Crippen molar-refractivity contribution in [2.24, 2.45) is 0 Å². The van der Waals surface area contributed by atoms with Crippen LogP contribution < -0.4 is 0 Å². The lowest BCUT2D eigenvalue weighted by molar-refractivity contribution is -0.137. The van der Waals surface area contributed by atoms with Crippen molar-refractivity contribution in [3.05, 3.63) is 0 Å². The maximum Gasteiger partial charge on any atom is 0.429 e. The maximum absolute atomic E-state index is 11.9. The van der Waals surface area contributed by atoms with Crippen LogP contribution in [-0.4, -0.2) is 51.9 Å². The molecule has 0 aromatic heterocycles. The Morgan fingerprint density at radius 1 is 1.50 bits per heavy atom. The summed E-state index contributed by atoms with van der Waals surface area (Å²) in [5.41, 5.74) is -0.585. The summed E-state index contributed by atoms with van der Waals surface area (Å²) < 4.78 is 5.24. The zero-order valence-corrected chi connectivity index (χ0v) is 11.5. The van der Waals surface area contributed by atoms with E-state index in [-0.39, 0.29) is 5.91 Å². The van der Waals surface area contributed by atoms with Gasteiger partial charge >= 0.3 is 6.09 Å². The molecule has 1 N–H and O–H groups in total. The predicted octanol–water partition coefficient (Wildman–Crippen LogP) is 1.14. The van der Waals surface area contributed by atoms with Gasteiger partial charge in [0.15, 0.2) is 0 Å². The molecule has 104 valence electrons. The van der Waals surface area contributed by atoms with Crippen LogP contribution in [0.1, 0.15) is 40.5 Å². The summed E-state index contributed by atoms with van der Waals surface area (Å²) in [6.45, 7) is 7.66. The molecule has 0 bridgehead atoms. The van der Waals surface area contributed by atoms with E-state index in [9.17, 15) is 14.7 Å². The Labute approximate surface area is 107 Å².